The normalized spacial score (nSPS) is 21.3. The zero-order valence-corrected chi connectivity index (χ0v) is 14.0. The lowest BCUT2D eigenvalue weighted by Crippen LogP contribution is -2.43. The zero-order valence-electron chi connectivity index (χ0n) is 11.6. The van der Waals surface area contributed by atoms with Gasteiger partial charge in [-0.25, -0.2) is 12.8 Å². The molecule has 1 unspecified atom stereocenters. The van der Waals surface area contributed by atoms with Crippen molar-refractivity contribution in [1.82, 2.24) is 10.6 Å². The molecule has 2 N–H and O–H groups in total. The molecule has 1 fully saturated rings. The first-order valence-corrected chi connectivity index (χ1v) is 9.12. The largest absolute Gasteiger partial charge is 0.353 e. The van der Waals surface area contributed by atoms with E-state index in [0.29, 0.717) is 23.4 Å². The fraction of sp³-hybridized carbons (Fsp3) is 0.462. The molecule has 1 aliphatic rings. The van der Waals surface area contributed by atoms with Gasteiger partial charge in [-0.15, -0.1) is 0 Å². The van der Waals surface area contributed by atoms with E-state index in [1.165, 1.54) is 12.1 Å². The molecule has 5 nitrogen and oxygen atoms in total. The summed E-state index contributed by atoms with van der Waals surface area (Å²) in [7, 11) is -1.32. The van der Waals surface area contributed by atoms with Gasteiger partial charge in [-0.2, -0.15) is 0 Å². The molecule has 2 rings (SSSR count). The number of aliphatic imine (C=N–C) groups is 1. The van der Waals surface area contributed by atoms with E-state index < -0.39 is 9.84 Å². The highest BCUT2D eigenvalue weighted by Crippen LogP contribution is 2.15. The molecule has 1 saturated heterocycles. The SMILES string of the molecule is CN=C(NCc1cc(F)cc(Br)c1)NC1CCS(=O)(=O)C1. The van der Waals surface area contributed by atoms with Crippen LogP contribution in [0.15, 0.2) is 27.7 Å². The Morgan fingerprint density at radius 3 is 2.81 bits per heavy atom. The van der Waals surface area contributed by atoms with Crippen molar-refractivity contribution in [1.29, 1.82) is 0 Å². The van der Waals surface area contributed by atoms with Crippen LogP contribution in [0.3, 0.4) is 0 Å². The van der Waals surface area contributed by atoms with Gasteiger partial charge in [0.2, 0.25) is 0 Å². The van der Waals surface area contributed by atoms with Gasteiger partial charge in [0.05, 0.1) is 11.5 Å². The highest BCUT2D eigenvalue weighted by Gasteiger charge is 2.28. The van der Waals surface area contributed by atoms with Gasteiger partial charge in [-0.1, -0.05) is 15.9 Å². The molecule has 1 aromatic rings. The molecule has 1 atom stereocenters. The molecule has 21 heavy (non-hydrogen) atoms. The minimum atomic E-state index is -2.93. The third kappa shape index (κ3) is 4.96. The third-order valence-corrected chi connectivity index (χ3v) is 5.40. The molecule has 0 amide bonds. The van der Waals surface area contributed by atoms with Crippen molar-refractivity contribution in [2.24, 2.45) is 4.99 Å². The Kier molecular flexibility index (Phi) is 5.21. The molecule has 0 saturated carbocycles. The van der Waals surface area contributed by atoms with E-state index in [0.717, 1.165) is 5.56 Å². The Labute approximate surface area is 132 Å². The van der Waals surface area contributed by atoms with Crippen LogP contribution < -0.4 is 10.6 Å². The summed E-state index contributed by atoms with van der Waals surface area (Å²) in [5.41, 5.74) is 0.767. The highest BCUT2D eigenvalue weighted by atomic mass is 79.9. The van der Waals surface area contributed by atoms with Gasteiger partial charge in [0.25, 0.3) is 0 Å². The number of nitrogens with zero attached hydrogens (tertiary/aromatic N) is 1. The second-order valence-electron chi connectivity index (χ2n) is 4.95. The number of rotatable bonds is 3. The number of sulfone groups is 1. The van der Waals surface area contributed by atoms with Crippen LogP contribution in [-0.2, 0) is 16.4 Å². The number of halogens is 2. The molecule has 1 aliphatic heterocycles. The fourth-order valence-corrected chi connectivity index (χ4v) is 4.38. The summed E-state index contributed by atoms with van der Waals surface area (Å²) in [6.45, 7) is 0.398. The molecule has 116 valence electrons. The van der Waals surface area contributed by atoms with Gasteiger partial charge in [-0.05, 0) is 30.2 Å². The second kappa shape index (κ2) is 6.74. The number of benzene rings is 1. The fourth-order valence-electron chi connectivity index (χ4n) is 2.20. The molecule has 1 aromatic carbocycles. The average Bonchev–Trinajstić information content (AvgIpc) is 2.72. The lowest BCUT2D eigenvalue weighted by Gasteiger charge is -2.16. The van der Waals surface area contributed by atoms with E-state index in [9.17, 15) is 12.8 Å². The first kappa shape index (κ1) is 16.2. The lowest BCUT2D eigenvalue weighted by molar-refractivity contribution is 0.599. The number of nitrogens with one attached hydrogen (secondary N) is 2. The van der Waals surface area contributed by atoms with Gasteiger partial charge in [-0.3, -0.25) is 4.99 Å². The summed E-state index contributed by atoms with van der Waals surface area (Å²) in [5, 5.41) is 6.13. The highest BCUT2D eigenvalue weighted by molar-refractivity contribution is 9.10. The van der Waals surface area contributed by atoms with Crippen molar-refractivity contribution < 1.29 is 12.8 Å². The standard InChI is InChI=1S/C13H17BrFN3O2S/c1-16-13(18-12-2-3-21(19,20)8-12)17-7-9-4-10(14)6-11(15)5-9/h4-6,12H,2-3,7-8H2,1H3,(H2,16,17,18). The van der Waals surface area contributed by atoms with Crippen molar-refractivity contribution in [3.63, 3.8) is 0 Å². The second-order valence-corrected chi connectivity index (χ2v) is 8.09. The molecular formula is C13H17BrFN3O2S. The molecular weight excluding hydrogens is 361 g/mol. The number of hydrogen-bond acceptors (Lipinski definition) is 3. The Hall–Kier alpha value is -1.15. The van der Waals surface area contributed by atoms with Crippen LogP contribution in [-0.4, -0.2) is 39.0 Å². The van der Waals surface area contributed by atoms with Crippen LogP contribution in [0.4, 0.5) is 4.39 Å². The Balaban J connectivity index is 1.91. The van der Waals surface area contributed by atoms with Gasteiger partial charge in [0.1, 0.15) is 5.82 Å². The van der Waals surface area contributed by atoms with Crippen molar-refractivity contribution >= 4 is 31.7 Å². The van der Waals surface area contributed by atoms with Crippen LogP contribution >= 0.6 is 15.9 Å². The van der Waals surface area contributed by atoms with E-state index >= 15 is 0 Å². The van der Waals surface area contributed by atoms with Crippen molar-refractivity contribution in [3.8, 4) is 0 Å². The molecule has 0 radical (unpaired) electrons. The van der Waals surface area contributed by atoms with Gasteiger partial charge >= 0.3 is 0 Å². The number of guanidine groups is 1. The van der Waals surface area contributed by atoms with Crippen LogP contribution in [0.5, 0.6) is 0 Å². The average molecular weight is 378 g/mol. The maximum Gasteiger partial charge on any atom is 0.191 e. The first-order chi connectivity index (χ1) is 9.88. The summed E-state index contributed by atoms with van der Waals surface area (Å²) in [5.74, 6) is 0.529. The third-order valence-electron chi connectivity index (χ3n) is 3.18. The van der Waals surface area contributed by atoms with Crippen molar-refractivity contribution in [3.05, 3.63) is 34.1 Å². The summed E-state index contributed by atoms with van der Waals surface area (Å²) < 4.78 is 36.8. The predicted molar refractivity (Wildman–Crippen MR) is 84.5 cm³/mol. The molecule has 0 bridgehead atoms. The Bertz CT molecular complexity index is 629. The number of hydrogen-bond donors (Lipinski definition) is 2. The van der Waals surface area contributed by atoms with E-state index in [4.69, 9.17) is 0 Å². The molecule has 1 heterocycles. The van der Waals surface area contributed by atoms with E-state index in [2.05, 4.69) is 31.6 Å². The zero-order chi connectivity index (χ0) is 15.5. The summed E-state index contributed by atoms with van der Waals surface area (Å²) in [6.07, 6.45) is 0.578. The van der Waals surface area contributed by atoms with Crippen molar-refractivity contribution in [2.75, 3.05) is 18.6 Å². The maximum absolute atomic E-state index is 13.3. The smallest absolute Gasteiger partial charge is 0.191 e. The van der Waals surface area contributed by atoms with Crippen LogP contribution in [0.25, 0.3) is 0 Å². The van der Waals surface area contributed by atoms with E-state index in [1.54, 1.807) is 7.05 Å². The quantitative estimate of drug-likeness (QED) is 0.617. The maximum atomic E-state index is 13.3. The van der Waals surface area contributed by atoms with Gasteiger partial charge in [0.15, 0.2) is 15.8 Å². The lowest BCUT2D eigenvalue weighted by atomic mass is 10.2. The molecule has 8 heteroatoms. The summed E-state index contributed by atoms with van der Waals surface area (Å²) in [6, 6.07) is 4.51. The van der Waals surface area contributed by atoms with Gasteiger partial charge in [0, 0.05) is 24.1 Å². The Morgan fingerprint density at radius 2 is 2.24 bits per heavy atom. The van der Waals surface area contributed by atoms with Gasteiger partial charge < -0.3 is 10.6 Å². The molecule has 0 aromatic heterocycles. The van der Waals surface area contributed by atoms with Crippen LogP contribution in [0, 0.1) is 5.82 Å². The monoisotopic (exact) mass is 377 g/mol. The summed E-state index contributed by atoms with van der Waals surface area (Å²) >= 11 is 3.24. The Morgan fingerprint density at radius 1 is 1.48 bits per heavy atom. The minimum absolute atomic E-state index is 0.124. The van der Waals surface area contributed by atoms with Crippen LogP contribution in [0.1, 0.15) is 12.0 Å². The predicted octanol–water partition coefficient (Wildman–Crippen LogP) is 1.44. The van der Waals surface area contributed by atoms with E-state index in [-0.39, 0.29) is 23.4 Å². The first-order valence-electron chi connectivity index (χ1n) is 6.50. The van der Waals surface area contributed by atoms with E-state index in [1.807, 2.05) is 6.07 Å². The minimum Gasteiger partial charge on any atom is -0.353 e. The summed E-state index contributed by atoms with van der Waals surface area (Å²) in [4.78, 5) is 4.05. The molecule has 0 aliphatic carbocycles. The topological polar surface area (TPSA) is 70.6 Å². The molecule has 0 spiro atoms. The van der Waals surface area contributed by atoms with Crippen molar-refractivity contribution in [2.45, 2.75) is 19.0 Å². The van der Waals surface area contributed by atoms with Crippen LogP contribution in [0.2, 0.25) is 0 Å².